The van der Waals surface area contributed by atoms with Crippen molar-refractivity contribution in [1.82, 2.24) is 0 Å². The van der Waals surface area contributed by atoms with Gasteiger partial charge in [-0.25, -0.2) is 0 Å². The van der Waals surface area contributed by atoms with E-state index in [-0.39, 0.29) is 26.2 Å². The van der Waals surface area contributed by atoms with E-state index in [0.717, 1.165) is 5.56 Å². The molecule has 1 unspecified atom stereocenters. The molecule has 2 aromatic carbocycles. The molecule has 30 heavy (non-hydrogen) atoms. The number of azo groups is 1. The molecule has 5 nitrogen and oxygen atoms in total. The molecule has 1 aliphatic rings. The summed E-state index contributed by atoms with van der Waals surface area (Å²) in [6, 6.07) is 10.6. The number of nitrogens with zero attached hydrogens (tertiary/aromatic N) is 3. The van der Waals surface area contributed by atoms with E-state index < -0.39 is 17.4 Å². The first-order valence-electron chi connectivity index (χ1n) is 8.29. The van der Waals surface area contributed by atoms with Crippen molar-refractivity contribution in [1.29, 1.82) is 5.26 Å². The lowest BCUT2D eigenvalue weighted by Crippen LogP contribution is -2.35. The molecule has 156 valence electrons. The summed E-state index contributed by atoms with van der Waals surface area (Å²) < 4.78 is 44.1. The Labute approximate surface area is 184 Å². The zero-order valence-corrected chi connectivity index (χ0v) is 17.6. The van der Waals surface area contributed by atoms with E-state index in [1.807, 2.05) is 18.2 Å². The summed E-state index contributed by atoms with van der Waals surface area (Å²) in [4.78, 5) is 0. The maximum atomic E-state index is 13.0. The first-order valence-corrected chi connectivity index (χ1v) is 10.0. The van der Waals surface area contributed by atoms with Crippen LogP contribution in [0.2, 0.25) is 10.0 Å². The second-order valence-electron chi connectivity index (χ2n) is 6.21. The van der Waals surface area contributed by atoms with Crippen LogP contribution in [0.3, 0.4) is 0 Å². The van der Waals surface area contributed by atoms with Gasteiger partial charge in [0, 0.05) is 11.3 Å². The molecule has 3 rings (SSSR count). The highest BCUT2D eigenvalue weighted by atomic mass is 35.5. The van der Waals surface area contributed by atoms with Gasteiger partial charge in [-0.1, -0.05) is 47.1 Å². The SMILES string of the molecule is COc1ccc(CSC2=C(C#N)C(N)(c3c(Cl)cc(C(F)(F)F)cc3Cl)N=N2)cc1. The molecule has 0 bridgehead atoms. The van der Waals surface area contributed by atoms with Crippen molar-refractivity contribution < 1.29 is 17.9 Å². The predicted molar refractivity (Wildman–Crippen MR) is 109 cm³/mol. The fourth-order valence-electron chi connectivity index (χ4n) is 2.77. The Bertz CT molecular complexity index is 1060. The van der Waals surface area contributed by atoms with Crippen molar-refractivity contribution in [3.8, 4) is 11.8 Å². The molecule has 1 aliphatic heterocycles. The zero-order chi connectivity index (χ0) is 22.1. The lowest BCUT2D eigenvalue weighted by atomic mass is 9.93. The minimum Gasteiger partial charge on any atom is -0.497 e. The highest BCUT2D eigenvalue weighted by Gasteiger charge is 2.44. The third-order valence-electron chi connectivity index (χ3n) is 4.29. The molecule has 0 fully saturated rings. The molecular weight excluding hydrogens is 460 g/mol. The number of alkyl halides is 3. The van der Waals surface area contributed by atoms with Crippen LogP contribution in [-0.4, -0.2) is 7.11 Å². The van der Waals surface area contributed by atoms with Gasteiger partial charge in [0.2, 0.25) is 0 Å². The lowest BCUT2D eigenvalue weighted by Gasteiger charge is -2.23. The summed E-state index contributed by atoms with van der Waals surface area (Å²) in [5, 5.41) is 17.1. The molecule has 1 atom stereocenters. The summed E-state index contributed by atoms with van der Waals surface area (Å²) in [5.74, 6) is 1.16. The molecule has 0 spiro atoms. The largest absolute Gasteiger partial charge is 0.497 e. The van der Waals surface area contributed by atoms with E-state index in [1.54, 1.807) is 19.2 Å². The van der Waals surface area contributed by atoms with E-state index in [4.69, 9.17) is 33.7 Å². The summed E-state index contributed by atoms with van der Waals surface area (Å²) in [5.41, 5.74) is 4.13. The van der Waals surface area contributed by atoms with Gasteiger partial charge in [-0.2, -0.15) is 23.5 Å². The van der Waals surface area contributed by atoms with Gasteiger partial charge in [0.1, 0.15) is 22.4 Å². The maximum Gasteiger partial charge on any atom is 0.416 e. The predicted octanol–water partition coefficient (Wildman–Crippen LogP) is 6.27. The van der Waals surface area contributed by atoms with Crippen LogP contribution in [-0.2, 0) is 17.6 Å². The first kappa shape index (κ1) is 22.4. The van der Waals surface area contributed by atoms with Crippen molar-refractivity contribution in [3.05, 3.63) is 73.7 Å². The molecule has 0 radical (unpaired) electrons. The number of hydrogen-bond acceptors (Lipinski definition) is 6. The first-order chi connectivity index (χ1) is 14.1. The fraction of sp³-hybridized carbons (Fsp3) is 0.211. The van der Waals surface area contributed by atoms with Crippen molar-refractivity contribution in [2.24, 2.45) is 16.0 Å². The Morgan fingerprint density at radius 1 is 1.20 bits per heavy atom. The fourth-order valence-corrected chi connectivity index (χ4v) is 4.49. The van der Waals surface area contributed by atoms with Gasteiger partial charge in [0.05, 0.1) is 22.7 Å². The smallest absolute Gasteiger partial charge is 0.416 e. The van der Waals surface area contributed by atoms with Gasteiger partial charge < -0.3 is 4.74 Å². The molecule has 11 heteroatoms. The maximum absolute atomic E-state index is 13.0. The number of nitrogens with two attached hydrogens (primary N) is 1. The Balaban J connectivity index is 1.93. The van der Waals surface area contributed by atoms with Crippen LogP contribution in [0.4, 0.5) is 13.2 Å². The van der Waals surface area contributed by atoms with Crippen LogP contribution in [0.15, 0.2) is 57.2 Å². The van der Waals surface area contributed by atoms with E-state index >= 15 is 0 Å². The Morgan fingerprint density at radius 2 is 1.80 bits per heavy atom. The standard InChI is InChI=1S/C19H13Cl2F3N4OS/c1-29-12-4-2-10(3-5-12)9-30-17-13(8-25)18(26,28-27-17)16-14(20)6-11(7-15(16)21)19(22,23)24/h2-7H,9,26H2,1H3. The van der Waals surface area contributed by atoms with Crippen LogP contribution in [0, 0.1) is 11.3 Å². The van der Waals surface area contributed by atoms with Crippen LogP contribution in [0.25, 0.3) is 0 Å². The summed E-state index contributed by atoms with van der Waals surface area (Å²) in [7, 11) is 1.56. The average Bonchev–Trinajstić information content (AvgIpc) is 3.01. The van der Waals surface area contributed by atoms with Crippen LogP contribution >= 0.6 is 35.0 Å². The van der Waals surface area contributed by atoms with Gasteiger partial charge >= 0.3 is 6.18 Å². The molecule has 0 aromatic heterocycles. The third kappa shape index (κ3) is 4.27. The molecule has 0 amide bonds. The Kier molecular flexibility index (Phi) is 6.34. The molecule has 0 aliphatic carbocycles. The normalized spacial score (nSPS) is 18.6. The molecular formula is C19H13Cl2F3N4OS. The van der Waals surface area contributed by atoms with Gasteiger partial charge in [-0.05, 0) is 29.8 Å². The van der Waals surface area contributed by atoms with Crippen molar-refractivity contribution >= 4 is 35.0 Å². The van der Waals surface area contributed by atoms with E-state index in [1.165, 1.54) is 11.8 Å². The van der Waals surface area contributed by atoms with Gasteiger partial charge in [-0.3, -0.25) is 5.73 Å². The highest BCUT2D eigenvalue weighted by molar-refractivity contribution is 8.02. The van der Waals surface area contributed by atoms with Crippen LogP contribution in [0.5, 0.6) is 5.75 Å². The summed E-state index contributed by atoms with van der Waals surface area (Å²) >= 11 is 13.3. The van der Waals surface area contributed by atoms with Crippen LogP contribution < -0.4 is 10.5 Å². The number of benzene rings is 2. The number of nitriles is 1. The molecule has 0 saturated carbocycles. The molecule has 2 aromatic rings. The minimum absolute atomic E-state index is 0.0513. The average molecular weight is 473 g/mol. The van der Waals surface area contributed by atoms with E-state index in [0.29, 0.717) is 23.6 Å². The number of rotatable bonds is 5. The highest BCUT2D eigenvalue weighted by Crippen LogP contribution is 2.47. The Morgan fingerprint density at radius 3 is 2.30 bits per heavy atom. The van der Waals surface area contributed by atoms with Crippen LogP contribution in [0.1, 0.15) is 16.7 Å². The van der Waals surface area contributed by atoms with Crippen molar-refractivity contribution in [3.63, 3.8) is 0 Å². The number of hydrogen-bond donors (Lipinski definition) is 1. The zero-order valence-electron chi connectivity index (χ0n) is 15.3. The Hall–Kier alpha value is -2.25. The number of thioether (sulfide) groups is 1. The van der Waals surface area contributed by atoms with E-state index in [2.05, 4.69) is 10.2 Å². The van der Waals surface area contributed by atoms with Gasteiger partial charge in [0.25, 0.3) is 0 Å². The molecule has 1 heterocycles. The summed E-state index contributed by atoms with van der Waals surface area (Å²) in [6.45, 7) is 0. The quantitative estimate of drug-likeness (QED) is 0.555. The molecule has 2 N–H and O–H groups in total. The number of ether oxygens (including phenoxy) is 1. The van der Waals surface area contributed by atoms with E-state index in [9.17, 15) is 18.4 Å². The topological polar surface area (TPSA) is 83.8 Å². The minimum atomic E-state index is -4.64. The third-order valence-corrected chi connectivity index (χ3v) is 5.92. The number of methoxy groups -OCH3 is 1. The monoisotopic (exact) mass is 472 g/mol. The van der Waals surface area contributed by atoms with Crippen molar-refractivity contribution in [2.45, 2.75) is 17.6 Å². The lowest BCUT2D eigenvalue weighted by molar-refractivity contribution is -0.137. The van der Waals surface area contributed by atoms with Gasteiger partial charge in [-0.15, -0.1) is 5.11 Å². The molecule has 0 saturated heterocycles. The van der Waals surface area contributed by atoms with Gasteiger partial charge in [0.15, 0.2) is 5.66 Å². The second-order valence-corrected chi connectivity index (χ2v) is 7.99. The summed E-state index contributed by atoms with van der Waals surface area (Å²) in [6.07, 6.45) is -4.64. The number of halogens is 5. The second kappa shape index (κ2) is 8.47. The van der Waals surface area contributed by atoms with Crippen molar-refractivity contribution in [2.75, 3.05) is 7.11 Å².